The highest BCUT2D eigenvalue weighted by Gasteiger charge is 2.34. The highest BCUT2D eigenvalue weighted by molar-refractivity contribution is 5.75. The molecule has 4 rings (SSSR count). The van der Waals surface area contributed by atoms with Gasteiger partial charge in [0.25, 0.3) is 5.89 Å². The summed E-state index contributed by atoms with van der Waals surface area (Å²) < 4.78 is 47.2. The zero-order valence-corrected chi connectivity index (χ0v) is 20.6. The number of carboxylic acids is 1. The molecular formula is C28H26F3N3O3. The van der Waals surface area contributed by atoms with Crippen LogP contribution in [-0.4, -0.2) is 39.2 Å². The number of benzene rings is 3. The molecule has 4 aromatic rings. The standard InChI is InChI=1S/C28H26F3N3O3/c1-4-24(27(35)36)34(3)16-18-9-11-19(12-10-18)25-32-26(37-33-25)20-13-14-22(23(15-20)28(29,30)31)21-8-6-5-7-17(21)2/h5-15,24H,4,16H2,1-3H3,(H,35,36)/t24-/m0/s1. The van der Waals surface area contributed by atoms with Gasteiger partial charge in [0.2, 0.25) is 5.82 Å². The van der Waals surface area contributed by atoms with E-state index in [1.165, 1.54) is 6.07 Å². The number of likely N-dealkylation sites (N-methyl/N-ethyl adjacent to an activating group) is 1. The first-order valence-electron chi connectivity index (χ1n) is 11.7. The number of nitrogens with zero attached hydrogens (tertiary/aromatic N) is 3. The highest BCUT2D eigenvalue weighted by atomic mass is 19.4. The minimum atomic E-state index is -4.57. The van der Waals surface area contributed by atoms with Crippen LogP contribution < -0.4 is 0 Å². The van der Waals surface area contributed by atoms with E-state index in [1.807, 2.05) is 19.1 Å². The molecule has 0 aliphatic heterocycles. The molecule has 0 saturated carbocycles. The van der Waals surface area contributed by atoms with Gasteiger partial charge < -0.3 is 9.63 Å². The van der Waals surface area contributed by atoms with Gasteiger partial charge in [-0.2, -0.15) is 18.2 Å². The summed E-state index contributed by atoms with van der Waals surface area (Å²) in [4.78, 5) is 17.4. The largest absolute Gasteiger partial charge is 0.480 e. The normalized spacial score (nSPS) is 12.6. The first kappa shape index (κ1) is 26.1. The lowest BCUT2D eigenvalue weighted by molar-refractivity contribution is -0.143. The van der Waals surface area contributed by atoms with Crippen molar-refractivity contribution in [3.8, 4) is 34.0 Å². The van der Waals surface area contributed by atoms with Crippen molar-refractivity contribution in [2.45, 2.75) is 39.0 Å². The van der Waals surface area contributed by atoms with Crippen LogP contribution in [0.15, 0.2) is 71.3 Å². The van der Waals surface area contributed by atoms with Gasteiger partial charge in [-0.3, -0.25) is 9.69 Å². The second-order valence-electron chi connectivity index (χ2n) is 8.87. The van der Waals surface area contributed by atoms with Crippen molar-refractivity contribution in [2.75, 3.05) is 7.05 Å². The Bertz CT molecular complexity index is 1400. The molecule has 37 heavy (non-hydrogen) atoms. The molecule has 0 bridgehead atoms. The van der Waals surface area contributed by atoms with E-state index in [-0.39, 0.29) is 22.8 Å². The lowest BCUT2D eigenvalue weighted by atomic mass is 9.94. The third-order valence-corrected chi connectivity index (χ3v) is 6.28. The molecule has 0 fully saturated rings. The Labute approximate surface area is 212 Å². The summed E-state index contributed by atoms with van der Waals surface area (Å²) in [6.45, 7) is 4.03. The van der Waals surface area contributed by atoms with E-state index in [2.05, 4.69) is 10.1 Å². The quantitative estimate of drug-likeness (QED) is 0.285. The fraction of sp³-hybridized carbons (Fsp3) is 0.250. The van der Waals surface area contributed by atoms with Crippen molar-refractivity contribution < 1.29 is 27.6 Å². The Morgan fingerprint density at radius 2 is 1.70 bits per heavy atom. The average Bonchev–Trinajstić information content (AvgIpc) is 3.34. The second kappa shape index (κ2) is 10.6. The van der Waals surface area contributed by atoms with Crippen molar-refractivity contribution in [3.63, 3.8) is 0 Å². The molecule has 0 aliphatic carbocycles. The zero-order chi connectivity index (χ0) is 26.7. The van der Waals surface area contributed by atoms with E-state index in [0.29, 0.717) is 24.1 Å². The molecule has 0 aliphatic rings. The van der Waals surface area contributed by atoms with Gasteiger partial charge in [-0.25, -0.2) is 0 Å². The fourth-order valence-electron chi connectivity index (χ4n) is 4.31. The van der Waals surface area contributed by atoms with Gasteiger partial charge in [0.1, 0.15) is 6.04 Å². The first-order valence-corrected chi connectivity index (χ1v) is 11.7. The number of hydrogen-bond donors (Lipinski definition) is 1. The highest BCUT2D eigenvalue weighted by Crippen LogP contribution is 2.40. The van der Waals surface area contributed by atoms with Gasteiger partial charge in [0.15, 0.2) is 0 Å². The van der Waals surface area contributed by atoms with Crippen molar-refractivity contribution in [3.05, 3.63) is 83.4 Å². The van der Waals surface area contributed by atoms with Gasteiger partial charge in [-0.1, -0.05) is 66.7 Å². The fourth-order valence-corrected chi connectivity index (χ4v) is 4.31. The van der Waals surface area contributed by atoms with E-state index < -0.39 is 23.8 Å². The van der Waals surface area contributed by atoms with E-state index in [9.17, 15) is 23.1 Å². The van der Waals surface area contributed by atoms with Crippen LogP contribution in [0.3, 0.4) is 0 Å². The number of carbonyl (C=O) groups is 1. The Hall–Kier alpha value is -3.98. The Morgan fingerprint density at radius 1 is 1.03 bits per heavy atom. The Kier molecular flexibility index (Phi) is 7.45. The molecule has 0 radical (unpaired) electrons. The van der Waals surface area contributed by atoms with E-state index >= 15 is 0 Å². The molecule has 0 saturated heterocycles. The average molecular weight is 510 g/mol. The summed E-state index contributed by atoms with van der Waals surface area (Å²) in [5.74, 6) is -0.655. The number of rotatable bonds is 8. The van der Waals surface area contributed by atoms with Crippen LogP contribution in [0, 0.1) is 6.92 Å². The molecule has 192 valence electrons. The molecule has 1 atom stereocenters. The third-order valence-electron chi connectivity index (χ3n) is 6.28. The van der Waals surface area contributed by atoms with E-state index in [4.69, 9.17) is 4.52 Å². The minimum Gasteiger partial charge on any atom is -0.480 e. The summed E-state index contributed by atoms with van der Waals surface area (Å²) in [5.41, 5.74) is 2.24. The van der Waals surface area contributed by atoms with Crippen molar-refractivity contribution >= 4 is 5.97 Å². The summed E-state index contributed by atoms with van der Waals surface area (Å²) in [6.07, 6.45) is -4.09. The van der Waals surface area contributed by atoms with Crippen LogP contribution in [0.2, 0.25) is 0 Å². The number of aliphatic carboxylic acids is 1. The predicted octanol–water partition coefficient (Wildman–Crippen LogP) is 6.69. The molecule has 0 amide bonds. The molecule has 0 unspecified atom stereocenters. The lowest BCUT2D eigenvalue weighted by Crippen LogP contribution is -2.37. The van der Waals surface area contributed by atoms with Crippen molar-refractivity contribution in [1.29, 1.82) is 0 Å². The number of hydrogen-bond acceptors (Lipinski definition) is 5. The maximum Gasteiger partial charge on any atom is 0.417 e. The lowest BCUT2D eigenvalue weighted by Gasteiger charge is -2.23. The maximum atomic E-state index is 14.0. The van der Waals surface area contributed by atoms with Gasteiger partial charge in [-0.05, 0) is 54.8 Å². The monoisotopic (exact) mass is 509 g/mol. The Balaban J connectivity index is 1.59. The van der Waals surface area contributed by atoms with Crippen molar-refractivity contribution in [1.82, 2.24) is 15.0 Å². The number of alkyl halides is 3. The molecule has 9 heteroatoms. The summed E-state index contributed by atoms with van der Waals surface area (Å²) in [5, 5.41) is 13.3. The molecule has 0 spiro atoms. The first-order chi connectivity index (χ1) is 17.6. The Morgan fingerprint density at radius 3 is 2.32 bits per heavy atom. The second-order valence-corrected chi connectivity index (χ2v) is 8.87. The summed E-state index contributed by atoms with van der Waals surface area (Å²) >= 11 is 0. The van der Waals surface area contributed by atoms with Crippen LogP contribution >= 0.6 is 0 Å². The number of aryl methyl sites for hydroxylation is 1. The van der Waals surface area contributed by atoms with E-state index in [0.717, 1.165) is 17.2 Å². The number of carboxylic acid groups (broad SMARTS) is 1. The van der Waals surface area contributed by atoms with Crippen LogP contribution in [0.5, 0.6) is 0 Å². The maximum absolute atomic E-state index is 14.0. The molecule has 1 N–H and O–H groups in total. The zero-order valence-electron chi connectivity index (χ0n) is 20.6. The molecule has 3 aromatic carbocycles. The SMILES string of the molecule is CC[C@@H](C(=O)O)N(C)Cc1ccc(-c2noc(-c3ccc(-c4ccccc4C)c(C(F)(F)F)c3)n2)cc1. The third kappa shape index (κ3) is 5.72. The van der Waals surface area contributed by atoms with Crippen LogP contribution in [-0.2, 0) is 17.5 Å². The van der Waals surface area contributed by atoms with E-state index in [1.54, 1.807) is 61.3 Å². The van der Waals surface area contributed by atoms with Gasteiger partial charge >= 0.3 is 12.1 Å². The number of halogens is 3. The van der Waals surface area contributed by atoms with Crippen LogP contribution in [0.25, 0.3) is 34.0 Å². The topological polar surface area (TPSA) is 79.5 Å². The molecule has 6 nitrogen and oxygen atoms in total. The van der Waals surface area contributed by atoms with Crippen molar-refractivity contribution in [2.24, 2.45) is 0 Å². The molecule has 1 aromatic heterocycles. The molecule has 1 heterocycles. The van der Waals surface area contributed by atoms with Gasteiger partial charge in [-0.15, -0.1) is 0 Å². The van der Waals surface area contributed by atoms with Gasteiger partial charge in [0, 0.05) is 17.7 Å². The summed E-state index contributed by atoms with van der Waals surface area (Å²) in [6, 6.07) is 17.5. The van der Waals surface area contributed by atoms with Crippen LogP contribution in [0.4, 0.5) is 13.2 Å². The molecular weight excluding hydrogens is 483 g/mol. The smallest absolute Gasteiger partial charge is 0.417 e. The summed E-state index contributed by atoms with van der Waals surface area (Å²) in [7, 11) is 1.75. The van der Waals surface area contributed by atoms with Gasteiger partial charge in [0.05, 0.1) is 5.56 Å². The predicted molar refractivity (Wildman–Crippen MR) is 134 cm³/mol. The number of aromatic nitrogens is 2. The minimum absolute atomic E-state index is 0.0205. The van der Waals surface area contributed by atoms with Crippen LogP contribution in [0.1, 0.15) is 30.0 Å².